The second-order valence-corrected chi connectivity index (χ2v) is 5.66. The van der Waals surface area contributed by atoms with E-state index in [1.54, 1.807) is 0 Å². The minimum absolute atomic E-state index is 0.988. The molecule has 1 rings (SSSR count). The largest absolute Gasteiger partial charge is 0.0651 e. The Morgan fingerprint density at radius 2 is 1.27 bits per heavy atom. The molecule has 0 heterocycles. The first-order valence-electron chi connectivity index (χ1n) is 7.33. The van der Waals surface area contributed by atoms with E-state index in [4.69, 9.17) is 0 Å². The third-order valence-electron chi connectivity index (χ3n) is 4.20. The number of rotatable bonds is 1. The smallest absolute Gasteiger partial charge is 0.0417 e. The van der Waals surface area contributed by atoms with Crippen molar-refractivity contribution in [2.24, 2.45) is 11.8 Å². The van der Waals surface area contributed by atoms with Gasteiger partial charge in [-0.25, -0.2) is 0 Å². The fourth-order valence-corrected chi connectivity index (χ4v) is 2.91. The first kappa shape index (κ1) is 13.1. The topological polar surface area (TPSA) is 0 Å². The van der Waals surface area contributed by atoms with E-state index in [1.807, 2.05) is 0 Å². The lowest BCUT2D eigenvalue weighted by Crippen LogP contribution is -2.03. The number of hydrogen-bond donors (Lipinski definition) is 0. The molecule has 0 nitrogen and oxygen atoms in total. The van der Waals surface area contributed by atoms with E-state index in [9.17, 15) is 0 Å². The molecule has 2 unspecified atom stereocenters. The van der Waals surface area contributed by atoms with Crippen LogP contribution in [0, 0.1) is 11.8 Å². The molecule has 0 aromatic heterocycles. The second-order valence-electron chi connectivity index (χ2n) is 5.66. The molecule has 1 saturated carbocycles. The molecule has 0 spiro atoms. The molecule has 0 bridgehead atoms. The van der Waals surface area contributed by atoms with E-state index in [0.717, 1.165) is 11.8 Å². The van der Waals surface area contributed by atoms with Crippen LogP contribution in [0.15, 0.2) is 0 Å². The van der Waals surface area contributed by atoms with Gasteiger partial charge in [-0.3, -0.25) is 0 Å². The van der Waals surface area contributed by atoms with Gasteiger partial charge < -0.3 is 0 Å². The Kier molecular flexibility index (Phi) is 7.13. The molecular formula is C15H30. The van der Waals surface area contributed by atoms with Crippen LogP contribution >= 0.6 is 0 Å². The Morgan fingerprint density at radius 1 is 0.733 bits per heavy atom. The summed E-state index contributed by atoms with van der Waals surface area (Å²) in [6, 6.07) is 0. The van der Waals surface area contributed by atoms with Crippen LogP contribution in [0.3, 0.4) is 0 Å². The molecule has 1 aliphatic carbocycles. The summed E-state index contributed by atoms with van der Waals surface area (Å²) in [4.78, 5) is 0. The van der Waals surface area contributed by atoms with Crippen LogP contribution in [0.2, 0.25) is 0 Å². The fourth-order valence-electron chi connectivity index (χ4n) is 2.91. The van der Waals surface area contributed by atoms with Crippen molar-refractivity contribution in [3.05, 3.63) is 0 Å². The van der Waals surface area contributed by atoms with Gasteiger partial charge in [-0.15, -0.1) is 0 Å². The maximum absolute atomic E-state index is 2.45. The van der Waals surface area contributed by atoms with Gasteiger partial charge in [0.25, 0.3) is 0 Å². The van der Waals surface area contributed by atoms with Crippen LogP contribution in [0.4, 0.5) is 0 Å². The van der Waals surface area contributed by atoms with E-state index in [0.29, 0.717) is 0 Å². The molecular weight excluding hydrogens is 180 g/mol. The van der Waals surface area contributed by atoms with E-state index >= 15 is 0 Å². The summed E-state index contributed by atoms with van der Waals surface area (Å²) in [5, 5.41) is 0. The van der Waals surface area contributed by atoms with E-state index in [1.165, 1.54) is 70.6 Å². The average molecular weight is 210 g/mol. The molecule has 0 N–H and O–H groups in total. The zero-order chi connectivity index (χ0) is 10.9. The normalized spacial score (nSPS) is 31.6. The highest BCUT2D eigenvalue weighted by Gasteiger charge is 2.09. The summed E-state index contributed by atoms with van der Waals surface area (Å²) in [6.07, 6.45) is 16.3. The van der Waals surface area contributed by atoms with Gasteiger partial charge >= 0.3 is 0 Å². The summed E-state index contributed by atoms with van der Waals surface area (Å²) in [5.41, 5.74) is 0. The van der Waals surface area contributed by atoms with E-state index in [-0.39, 0.29) is 0 Å². The zero-order valence-electron chi connectivity index (χ0n) is 10.9. The Morgan fingerprint density at radius 3 is 2.00 bits per heavy atom. The summed E-state index contributed by atoms with van der Waals surface area (Å²) in [5.74, 6) is 2.03. The first-order valence-corrected chi connectivity index (χ1v) is 7.33. The van der Waals surface area contributed by atoms with Crippen molar-refractivity contribution in [3.8, 4) is 0 Å². The maximum atomic E-state index is 2.45. The van der Waals surface area contributed by atoms with Gasteiger partial charge in [0.2, 0.25) is 0 Å². The highest BCUT2D eigenvalue weighted by molar-refractivity contribution is 4.62. The minimum Gasteiger partial charge on any atom is -0.0651 e. The Balaban J connectivity index is 2.26. The fraction of sp³-hybridized carbons (Fsp3) is 1.00. The molecule has 90 valence electrons. The first-order chi connectivity index (χ1) is 7.33. The molecule has 15 heavy (non-hydrogen) atoms. The van der Waals surface area contributed by atoms with Crippen LogP contribution in [0.25, 0.3) is 0 Å². The van der Waals surface area contributed by atoms with Crippen LogP contribution in [-0.2, 0) is 0 Å². The predicted octanol–water partition coefficient (Wildman–Crippen LogP) is 5.56. The van der Waals surface area contributed by atoms with Crippen molar-refractivity contribution in [2.45, 2.75) is 84.5 Å². The van der Waals surface area contributed by atoms with E-state index < -0.39 is 0 Å². The Labute approximate surface area is 96.8 Å². The quantitative estimate of drug-likeness (QED) is 0.531. The highest BCUT2D eigenvalue weighted by atomic mass is 14.1. The Hall–Kier alpha value is 0. The average Bonchev–Trinajstić information content (AvgIpc) is 2.23. The van der Waals surface area contributed by atoms with Gasteiger partial charge in [-0.2, -0.15) is 0 Å². The van der Waals surface area contributed by atoms with Gasteiger partial charge in [0.1, 0.15) is 0 Å². The van der Waals surface area contributed by atoms with Crippen LogP contribution in [-0.4, -0.2) is 0 Å². The van der Waals surface area contributed by atoms with Crippen LogP contribution in [0.1, 0.15) is 84.5 Å². The van der Waals surface area contributed by atoms with Crippen molar-refractivity contribution >= 4 is 0 Å². The van der Waals surface area contributed by atoms with Crippen molar-refractivity contribution < 1.29 is 0 Å². The lowest BCUT2D eigenvalue weighted by atomic mass is 9.88. The molecule has 0 heteroatoms. The molecule has 2 atom stereocenters. The van der Waals surface area contributed by atoms with Crippen molar-refractivity contribution in [3.63, 3.8) is 0 Å². The SMILES string of the molecule is CCC1CCCCCCCC(C)CCC1. The zero-order valence-corrected chi connectivity index (χ0v) is 10.9. The van der Waals surface area contributed by atoms with Gasteiger partial charge in [0.15, 0.2) is 0 Å². The van der Waals surface area contributed by atoms with Gasteiger partial charge in [0, 0.05) is 0 Å². The third kappa shape index (κ3) is 6.22. The molecule has 0 aliphatic heterocycles. The summed E-state index contributed by atoms with van der Waals surface area (Å²) < 4.78 is 0. The molecule has 0 aromatic rings. The van der Waals surface area contributed by atoms with Crippen molar-refractivity contribution in [1.82, 2.24) is 0 Å². The molecule has 0 aromatic carbocycles. The highest BCUT2D eigenvalue weighted by Crippen LogP contribution is 2.24. The number of hydrogen-bond acceptors (Lipinski definition) is 0. The van der Waals surface area contributed by atoms with Crippen LogP contribution in [0.5, 0.6) is 0 Å². The van der Waals surface area contributed by atoms with Gasteiger partial charge in [0.05, 0.1) is 0 Å². The lowest BCUT2D eigenvalue weighted by Gasteiger charge is -2.18. The molecule has 1 fully saturated rings. The predicted molar refractivity (Wildman–Crippen MR) is 69.1 cm³/mol. The van der Waals surface area contributed by atoms with Crippen molar-refractivity contribution in [2.75, 3.05) is 0 Å². The minimum atomic E-state index is 0.988. The Bertz CT molecular complexity index is 139. The monoisotopic (exact) mass is 210 g/mol. The molecule has 0 saturated heterocycles. The van der Waals surface area contributed by atoms with Crippen molar-refractivity contribution in [1.29, 1.82) is 0 Å². The summed E-state index contributed by atoms with van der Waals surface area (Å²) >= 11 is 0. The van der Waals surface area contributed by atoms with E-state index in [2.05, 4.69) is 13.8 Å². The van der Waals surface area contributed by atoms with Gasteiger partial charge in [-0.1, -0.05) is 84.5 Å². The molecule has 0 radical (unpaired) electrons. The van der Waals surface area contributed by atoms with Crippen LogP contribution < -0.4 is 0 Å². The molecule has 1 aliphatic rings. The summed E-state index contributed by atoms with van der Waals surface area (Å²) in [6.45, 7) is 4.83. The van der Waals surface area contributed by atoms with Gasteiger partial charge in [-0.05, 0) is 11.8 Å². The lowest BCUT2D eigenvalue weighted by molar-refractivity contribution is 0.356. The third-order valence-corrected chi connectivity index (χ3v) is 4.20. The second kappa shape index (κ2) is 8.19. The summed E-state index contributed by atoms with van der Waals surface area (Å²) in [7, 11) is 0. The molecule has 0 amide bonds. The maximum Gasteiger partial charge on any atom is -0.0417 e. The standard InChI is InChI=1S/C15H30/c1-3-15-12-8-6-4-5-7-10-14(2)11-9-13-15/h14-15H,3-13H2,1-2H3.